The second-order valence-corrected chi connectivity index (χ2v) is 4.44. The standard InChI is InChI=1S/C13H14N4O/c1-13(2,12-16-7-8-17(12)3)18-11-10(9-14)5-4-6-15-11/h4-8H,1-3H3. The Bertz CT molecular complexity index is 595. The average Bonchev–Trinajstić information content (AvgIpc) is 2.76. The molecule has 0 radical (unpaired) electrons. The van der Waals surface area contributed by atoms with Crippen molar-refractivity contribution in [3.8, 4) is 11.9 Å². The summed E-state index contributed by atoms with van der Waals surface area (Å²) in [6, 6.07) is 5.45. The number of nitriles is 1. The van der Waals surface area contributed by atoms with E-state index in [-0.39, 0.29) is 0 Å². The second-order valence-electron chi connectivity index (χ2n) is 4.44. The Kier molecular flexibility index (Phi) is 3.02. The predicted octanol–water partition coefficient (Wildman–Crippen LogP) is 2.00. The van der Waals surface area contributed by atoms with Crippen molar-refractivity contribution in [1.29, 1.82) is 5.26 Å². The van der Waals surface area contributed by atoms with Crippen LogP contribution in [0.4, 0.5) is 0 Å². The number of rotatable bonds is 3. The fourth-order valence-corrected chi connectivity index (χ4v) is 1.79. The van der Waals surface area contributed by atoms with Crippen LogP contribution in [0.15, 0.2) is 30.7 Å². The molecule has 0 aliphatic heterocycles. The van der Waals surface area contributed by atoms with Gasteiger partial charge in [0, 0.05) is 25.6 Å². The SMILES string of the molecule is Cn1ccnc1C(C)(C)Oc1ncccc1C#N. The lowest BCUT2D eigenvalue weighted by Crippen LogP contribution is -2.29. The van der Waals surface area contributed by atoms with Crippen LogP contribution >= 0.6 is 0 Å². The van der Waals surface area contributed by atoms with Gasteiger partial charge in [0.05, 0.1) is 0 Å². The van der Waals surface area contributed by atoms with Crippen LogP contribution in [0.25, 0.3) is 0 Å². The zero-order chi connectivity index (χ0) is 13.2. The molecule has 2 aromatic heterocycles. The van der Waals surface area contributed by atoms with Gasteiger partial charge in [0.2, 0.25) is 5.88 Å². The number of imidazole rings is 1. The minimum absolute atomic E-state index is 0.327. The molecule has 0 aliphatic rings. The summed E-state index contributed by atoms with van der Waals surface area (Å²) in [6.07, 6.45) is 5.17. The van der Waals surface area contributed by atoms with Crippen molar-refractivity contribution < 1.29 is 4.74 Å². The molecule has 92 valence electrons. The second kappa shape index (κ2) is 4.49. The van der Waals surface area contributed by atoms with Gasteiger partial charge in [0.1, 0.15) is 11.6 Å². The summed E-state index contributed by atoms with van der Waals surface area (Å²) in [5.41, 5.74) is -0.238. The van der Waals surface area contributed by atoms with E-state index in [0.717, 1.165) is 5.82 Å². The topological polar surface area (TPSA) is 63.7 Å². The summed E-state index contributed by atoms with van der Waals surface area (Å²) in [5, 5.41) is 9.01. The minimum atomic E-state index is -0.655. The molecule has 0 fully saturated rings. The van der Waals surface area contributed by atoms with E-state index in [1.54, 1.807) is 24.5 Å². The number of nitrogens with zero attached hydrogens (tertiary/aromatic N) is 4. The Morgan fingerprint density at radius 3 is 2.72 bits per heavy atom. The van der Waals surface area contributed by atoms with Gasteiger partial charge in [-0.15, -0.1) is 0 Å². The van der Waals surface area contributed by atoms with Crippen LogP contribution in [-0.2, 0) is 12.6 Å². The lowest BCUT2D eigenvalue weighted by molar-refractivity contribution is 0.0888. The normalized spacial score (nSPS) is 11.0. The van der Waals surface area contributed by atoms with Crippen molar-refractivity contribution in [2.24, 2.45) is 7.05 Å². The number of aryl methyl sites for hydroxylation is 1. The number of hydrogen-bond donors (Lipinski definition) is 0. The molecule has 0 spiro atoms. The molecule has 2 heterocycles. The molecule has 0 N–H and O–H groups in total. The summed E-state index contributed by atoms with van der Waals surface area (Å²) in [5.74, 6) is 1.10. The van der Waals surface area contributed by atoms with E-state index in [2.05, 4.69) is 16.0 Å². The van der Waals surface area contributed by atoms with Gasteiger partial charge in [-0.3, -0.25) is 0 Å². The van der Waals surface area contributed by atoms with Gasteiger partial charge in [-0.1, -0.05) is 0 Å². The van der Waals surface area contributed by atoms with Crippen LogP contribution in [0.2, 0.25) is 0 Å². The summed E-state index contributed by atoms with van der Waals surface area (Å²) >= 11 is 0. The van der Waals surface area contributed by atoms with Gasteiger partial charge in [-0.2, -0.15) is 5.26 Å². The molecule has 0 amide bonds. The first-order valence-electron chi connectivity index (χ1n) is 5.56. The Labute approximate surface area is 106 Å². The molecule has 5 nitrogen and oxygen atoms in total. The van der Waals surface area contributed by atoms with Gasteiger partial charge < -0.3 is 9.30 Å². The van der Waals surface area contributed by atoms with E-state index in [1.807, 2.05) is 31.7 Å². The van der Waals surface area contributed by atoms with E-state index in [0.29, 0.717) is 11.4 Å². The van der Waals surface area contributed by atoms with Gasteiger partial charge in [0.25, 0.3) is 0 Å². The Hall–Kier alpha value is -2.35. The highest BCUT2D eigenvalue weighted by molar-refractivity contribution is 5.37. The minimum Gasteiger partial charge on any atom is -0.463 e. The Morgan fingerprint density at radius 2 is 2.11 bits per heavy atom. The van der Waals surface area contributed by atoms with E-state index >= 15 is 0 Å². The van der Waals surface area contributed by atoms with Crippen LogP contribution in [0.1, 0.15) is 25.2 Å². The fourth-order valence-electron chi connectivity index (χ4n) is 1.79. The third kappa shape index (κ3) is 2.18. The summed E-state index contributed by atoms with van der Waals surface area (Å²) < 4.78 is 7.72. The first kappa shape index (κ1) is 12.1. The average molecular weight is 242 g/mol. The van der Waals surface area contributed by atoms with Crippen molar-refractivity contribution in [1.82, 2.24) is 14.5 Å². The highest BCUT2D eigenvalue weighted by atomic mass is 16.5. The molecule has 5 heteroatoms. The molecule has 0 unspecified atom stereocenters. The first-order chi connectivity index (χ1) is 8.54. The summed E-state index contributed by atoms with van der Waals surface area (Å²) in [7, 11) is 1.90. The van der Waals surface area contributed by atoms with Crippen molar-refractivity contribution in [3.05, 3.63) is 42.1 Å². The fraction of sp³-hybridized carbons (Fsp3) is 0.308. The lowest BCUT2D eigenvalue weighted by atomic mass is 10.1. The maximum atomic E-state index is 9.01. The van der Waals surface area contributed by atoms with E-state index in [9.17, 15) is 0 Å². The van der Waals surface area contributed by atoms with Crippen molar-refractivity contribution in [2.45, 2.75) is 19.4 Å². The van der Waals surface area contributed by atoms with Crippen LogP contribution in [0.3, 0.4) is 0 Å². The number of aromatic nitrogens is 3. The van der Waals surface area contributed by atoms with Crippen LogP contribution in [-0.4, -0.2) is 14.5 Å². The number of ether oxygens (including phenoxy) is 1. The molecular formula is C13H14N4O. The molecule has 0 bridgehead atoms. The van der Waals surface area contributed by atoms with Crippen LogP contribution in [0.5, 0.6) is 5.88 Å². The molecule has 0 saturated carbocycles. The quantitative estimate of drug-likeness (QED) is 0.825. The van der Waals surface area contributed by atoms with E-state index in [4.69, 9.17) is 10.00 Å². The van der Waals surface area contributed by atoms with Crippen molar-refractivity contribution >= 4 is 0 Å². The van der Waals surface area contributed by atoms with E-state index in [1.165, 1.54) is 0 Å². The highest BCUT2D eigenvalue weighted by Gasteiger charge is 2.28. The zero-order valence-corrected chi connectivity index (χ0v) is 10.6. The molecule has 0 saturated heterocycles. The molecule has 0 aliphatic carbocycles. The van der Waals surface area contributed by atoms with Gasteiger partial charge in [0.15, 0.2) is 11.4 Å². The zero-order valence-electron chi connectivity index (χ0n) is 10.6. The maximum absolute atomic E-state index is 9.01. The third-order valence-corrected chi connectivity index (χ3v) is 2.60. The molecule has 18 heavy (non-hydrogen) atoms. The monoisotopic (exact) mass is 242 g/mol. The van der Waals surface area contributed by atoms with E-state index < -0.39 is 5.60 Å². The van der Waals surface area contributed by atoms with Gasteiger partial charge in [-0.05, 0) is 26.0 Å². The van der Waals surface area contributed by atoms with Gasteiger partial charge in [-0.25, -0.2) is 9.97 Å². The number of pyridine rings is 1. The van der Waals surface area contributed by atoms with Crippen molar-refractivity contribution in [2.75, 3.05) is 0 Å². The van der Waals surface area contributed by atoms with Crippen LogP contribution in [0, 0.1) is 11.3 Å². The third-order valence-electron chi connectivity index (χ3n) is 2.60. The largest absolute Gasteiger partial charge is 0.463 e. The lowest BCUT2D eigenvalue weighted by Gasteiger charge is -2.25. The maximum Gasteiger partial charge on any atom is 0.232 e. The summed E-state index contributed by atoms with van der Waals surface area (Å²) in [6.45, 7) is 3.79. The Balaban J connectivity index is 2.34. The van der Waals surface area contributed by atoms with Gasteiger partial charge >= 0.3 is 0 Å². The molecule has 2 aromatic rings. The molecule has 0 aromatic carbocycles. The number of hydrogen-bond acceptors (Lipinski definition) is 4. The van der Waals surface area contributed by atoms with Crippen LogP contribution < -0.4 is 4.74 Å². The predicted molar refractivity (Wildman–Crippen MR) is 65.8 cm³/mol. The molecular weight excluding hydrogens is 228 g/mol. The Morgan fingerprint density at radius 1 is 1.33 bits per heavy atom. The summed E-state index contributed by atoms with van der Waals surface area (Å²) in [4.78, 5) is 8.36. The molecule has 2 rings (SSSR count). The molecule has 0 atom stereocenters. The van der Waals surface area contributed by atoms with Crippen molar-refractivity contribution in [3.63, 3.8) is 0 Å². The highest BCUT2D eigenvalue weighted by Crippen LogP contribution is 2.26. The smallest absolute Gasteiger partial charge is 0.232 e. The first-order valence-corrected chi connectivity index (χ1v) is 5.56.